The van der Waals surface area contributed by atoms with Crippen LogP contribution in [0.15, 0.2) is 115 Å². The zero-order valence-corrected chi connectivity index (χ0v) is 33.4. The van der Waals surface area contributed by atoms with Crippen LogP contribution in [-0.4, -0.2) is 19.9 Å². The van der Waals surface area contributed by atoms with Gasteiger partial charge in [-0.1, -0.05) is 149 Å². The first kappa shape index (κ1) is 35.5. The fraction of sp³-hybridized carbons (Fsp3) is 0.292. The maximum absolute atomic E-state index is 5.06. The molecule has 0 saturated heterocycles. The molecule has 0 fully saturated rings. The molecule has 1 spiro atoms. The Kier molecular flexibility index (Phi) is 9.37. The molecule has 3 atom stereocenters. The van der Waals surface area contributed by atoms with Crippen LogP contribution in [0.25, 0.3) is 44.9 Å². The van der Waals surface area contributed by atoms with E-state index in [2.05, 4.69) is 143 Å². The average molecular weight is 870 g/mol. The number of hydrogen-bond acceptors (Lipinski definition) is 4. The standard InChI is InChI=1S/C48H45N4.Ir/c1-5-6-7-24-44-50-45(52-46(51-44)47(2,3)4)32-26-28-43(49-30-32)31-25-27-38-37-20-12-15-23-41(37)48(42(38)29-31)39-21-13-10-18-35(39)33-16-8-9-17-34(33)36-19-11-14-22-40(36)48;/h8-18,20-21,23,26-30,36,40H,5-7,19,22,24H2,1-4H3;/q-1;. The smallest absolute Gasteiger partial charge is 0.164 e. The Bertz CT molecular complexity index is 2340. The van der Waals surface area contributed by atoms with Gasteiger partial charge in [0, 0.05) is 49.1 Å². The van der Waals surface area contributed by atoms with Gasteiger partial charge in [-0.15, -0.1) is 29.3 Å². The summed E-state index contributed by atoms with van der Waals surface area (Å²) < 4.78 is 0. The Morgan fingerprint density at radius 2 is 1.43 bits per heavy atom. The molecule has 4 aromatic carbocycles. The van der Waals surface area contributed by atoms with E-state index in [1.165, 1.54) is 57.3 Å². The largest absolute Gasteiger partial charge is 0.304 e. The minimum absolute atomic E-state index is 0. The molecule has 3 aliphatic rings. The van der Waals surface area contributed by atoms with Crippen molar-refractivity contribution in [1.82, 2.24) is 19.9 Å². The predicted octanol–water partition coefficient (Wildman–Crippen LogP) is 11.5. The van der Waals surface area contributed by atoms with E-state index in [4.69, 9.17) is 19.9 Å². The molecule has 3 unspecified atom stereocenters. The molecule has 267 valence electrons. The maximum Gasteiger partial charge on any atom is 0.164 e. The topological polar surface area (TPSA) is 51.6 Å². The van der Waals surface area contributed by atoms with Gasteiger partial charge >= 0.3 is 0 Å². The van der Waals surface area contributed by atoms with Crippen molar-refractivity contribution in [3.8, 4) is 44.9 Å². The third kappa shape index (κ3) is 5.84. The Morgan fingerprint density at radius 1 is 0.736 bits per heavy atom. The Hall–Kier alpha value is -4.57. The molecule has 0 saturated carbocycles. The molecule has 1 radical (unpaired) electrons. The van der Waals surface area contributed by atoms with Crippen LogP contribution in [0.2, 0.25) is 0 Å². The van der Waals surface area contributed by atoms with Crippen LogP contribution in [0.3, 0.4) is 0 Å². The number of aryl methyl sites for hydroxylation is 1. The summed E-state index contributed by atoms with van der Waals surface area (Å²) in [6, 6.07) is 40.0. The summed E-state index contributed by atoms with van der Waals surface area (Å²) in [7, 11) is 0. The molecule has 53 heavy (non-hydrogen) atoms. The van der Waals surface area contributed by atoms with Crippen molar-refractivity contribution in [2.24, 2.45) is 5.92 Å². The third-order valence-electron chi connectivity index (χ3n) is 11.7. The fourth-order valence-electron chi connectivity index (χ4n) is 9.26. The number of hydrogen-bond donors (Lipinski definition) is 0. The van der Waals surface area contributed by atoms with Crippen LogP contribution in [0, 0.1) is 12.0 Å². The summed E-state index contributed by atoms with van der Waals surface area (Å²) in [5.74, 6) is 3.13. The van der Waals surface area contributed by atoms with Crippen molar-refractivity contribution in [2.45, 2.75) is 83.0 Å². The number of nitrogens with zero attached hydrogens (tertiary/aromatic N) is 4. The second-order valence-electron chi connectivity index (χ2n) is 15.9. The van der Waals surface area contributed by atoms with Gasteiger partial charge in [-0.2, -0.15) is 0 Å². The second-order valence-corrected chi connectivity index (χ2v) is 15.9. The monoisotopic (exact) mass is 870 g/mol. The zero-order chi connectivity index (χ0) is 35.5. The zero-order valence-electron chi connectivity index (χ0n) is 31.0. The quantitative estimate of drug-likeness (QED) is 0.0951. The molecule has 0 amide bonds. The van der Waals surface area contributed by atoms with Gasteiger partial charge in [-0.3, -0.25) is 0 Å². The second kappa shape index (κ2) is 14.0. The van der Waals surface area contributed by atoms with Crippen LogP contribution >= 0.6 is 0 Å². The van der Waals surface area contributed by atoms with Crippen molar-refractivity contribution in [3.05, 3.63) is 155 Å². The molecule has 0 bridgehead atoms. The Morgan fingerprint density at radius 3 is 2.15 bits per heavy atom. The minimum atomic E-state index is -0.330. The third-order valence-corrected chi connectivity index (χ3v) is 11.7. The first-order valence-electron chi connectivity index (χ1n) is 19.1. The first-order valence-corrected chi connectivity index (χ1v) is 19.1. The molecular weight excluding hydrogens is 825 g/mol. The van der Waals surface area contributed by atoms with Gasteiger partial charge in [0.25, 0.3) is 0 Å². The van der Waals surface area contributed by atoms with Crippen molar-refractivity contribution in [2.75, 3.05) is 0 Å². The van der Waals surface area contributed by atoms with E-state index >= 15 is 0 Å². The minimum Gasteiger partial charge on any atom is -0.304 e. The molecule has 0 aliphatic heterocycles. The molecule has 3 aliphatic carbocycles. The van der Waals surface area contributed by atoms with Crippen LogP contribution < -0.4 is 0 Å². The van der Waals surface area contributed by atoms with Crippen molar-refractivity contribution >= 4 is 0 Å². The molecule has 6 aromatic rings. The number of fused-ring (bicyclic) bond motifs is 12. The van der Waals surface area contributed by atoms with Gasteiger partial charge in [0.1, 0.15) is 11.6 Å². The van der Waals surface area contributed by atoms with Gasteiger partial charge in [0.2, 0.25) is 0 Å². The van der Waals surface area contributed by atoms with Crippen molar-refractivity contribution in [1.29, 1.82) is 0 Å². The van der Waals surface area contributed by atoms with Crippen molar-refractivity contribution < 1.29 is 20.1 Å². The van der Waals surface area contributed by atoms with Gasteiger partial charge < -0.3 is 4.98 Å². The number of allylic oxidation sites excluding steroid dienone is 2. The summed E-state index contributed by atoms with van der Waals surface area (Å²) in [5, 5.41) is 0. The van der Waals surface area contributed by atoms with Crippen LogP contribution in [0.4, 0.5) is 0 Å². The van der Waals surface area contributed by atoms with E-state index in [9.17, 15) is 0 Å². The predicted molar refractivity (Wildman–Crippen MR) is 211 cm³/mol. The summed E-state index contributed by atoms with van der Waals surface area (Å²) in [6.07, 6.45) is 13.1. The SMILES string of the molecule is CCCCCc1nc(-c2ccc(-c3[c-]cc4c(c3)C3(c5ccccc5-c5ccccc5C5CC=CCC53)c3ccccc3-4)nc2)nc(C(C)(C)C)n1.[Ir]. The summed E-state index contributed by atoms with van der Waals surface area (Å²) in [6.45, 7) is 8.71. The maximum atomic E-state index is 5.06. The van der Waals surface area contributed by atoms with Gasteiger partial charge in [-0.25, -0.2) is 15.0 Å². The summed E-state index contributed by atoms with van der Waals surface area (Å²) in [5.41, 5.74) is 13.2. The van der Waals surface area contributed by atoms with E-state index in [1.807, 2.05) is 6.20 Å². The fourth-order valence-corrected chi connectivity index (χ4v) is 9.26. The molecular formula is C48H45IrN4-. The number of aromatic nitrogens is 4. The van der Waals surface area contributed by atoms with E-state index in [0.717, 1.165) is 54.2 Å². The van der Waals surface area contributed by atoms with Gasteiger partial charge in [0.15, 0.2) is 5.82 Å². The van der Waals surface area contributed by atoms with Crippen LogP contribution in [0.5, 0.6) is 0 Å². The summed E-state index contributed by atoms with van der Waals surface area (Å²) >= 11 is 0. The Labute approximate surface area is 327 Å². The number of rotatable bonds is 6. The van der Waals surface area contributed by atoms with E-state index in [0.29, 0.717) is 17.7 Å². The molecule has 5 heteroatoms. The van der Waals surface area contributed by atoms with E-state index < -0.39 is 0 Å². The van der Waals surface area contributed by atoms with Crippen LogP contribution in [-0.2, 0) is 37.4 Å². The van der Waals surface area contributed by atoms with Crippen LogP contribution in [0.1, 0.15) is 99.6 Å². The number of benzene rings is 4. The molecule has 2 heterocycles. The Balaban J connectivity index is 0.00000400. The van der Waals surface area contributed by atoms with Gasteiger partial charge in [0.05, 0.1) is 0 Å². The molecule has 0 N–H and O–H groups in total. The first-order chi connectivity index (χ1) is 25.4. The van der Waals surface area contributed by atoms with E-state index in [1.54, 1.807) is 0 Å². The molecule has 4 nitrogen and oxygen atoms in total. The van der Waals surface area contributed by atoms with E-state index in [-0.39, 0.29) is 30.9 Å². The number of unbranched alkanes of at least 4 members (excludes halogenated alkanes) is 2. The normalized spacial score (nSPS) is 19.3. The molecule has 2 aromatic heterocycles. The average Bonchev–Trinajstić information content (AvgIpc) is 3.42. The summed E-state index contributed by atoms with van der Waals surface area (Å²) in [4.78, 5) is 19.8. The van der Waals surface area contributed by atoms with Crippen molar-refractivity contribution in [3.63, 3.8) is 0 Å². The molecule has 9 rings (SSSR count). The van der Waals surface area contributed by atoms with Gasteiger partial charge in [-0.05, 0) is 64.6 Å². The number of pyridine rings is 1.